The summed E-state index contributed by atoms with van der Waals surface area (Å²) in [6, 6.07) is 6.70. The Kier molecular flexibility index (Phi) is 8.49. The molecule has 18 heavy (non-hydrogen) atoms. The Hall–Kier alpha value is -0.240. The maximum absolute atomic E-state index is 13.6. The number of alkyl halides is 1. The van der Waals surface area contributed by atoms with Crippen molar-refractivity contribution in [3.63, 3.8) is 0 Å². The summed E-state index contributed by atoms with van der Waals surface area (Å²) in [4.78, 5) is 0. The Morgan fingerprint density at radius 2 is 1.89 bits per heavy atom. The van der Waals surface area contributed by atoms with E-state index in [4.69, 9.17) is 14.2 Å². The number of halogens is 2. The van der Waals surface area contributed by atoms with Gasteiger partial charge in [0, 0.05) is 17.1 Å². The van der Waals surface area contributed by atoms with Crippen LogP contribution in [0.1, 0.15) is 11.7 Å². The molecule has 0 aliphatic heterocycles. The Bertz CT molecular complexity index is 336. The Morgan fingerprint density at radius 1 is 1.17 bits per heavy atom. The van der Waals surface area contributed by atoms with Gasteiger partial charge in [-0.05, 0) is 6.07 Å². The summed E-state index contributed by atoms with van der Waals surface area (Å²) in [5.41, 5.74) is 0.601. The second-order valence-corrected chi connectivity index (χ2v) is 4.52. The molecular weight excluding hydrogens is 350 g/mol. The van der Waals surface area contributed by atoms with Gasteiger partial charge in [-0.15, -0.1) is 0 Å². The lowest BCUT2D eigenvalue weighted by Crippen LogP contribution is -2.13. The van der Waals surface area contributed by atoms with Gasteiger partial charge in [0.1, 0.15) is 5.82 Å². The van der Waals surface area contributed by atoms with Crippen LogP contribution in [-0.2, 0) is 14.2 Å². The van der Waals surface area contributed by atoms with Crippen molar-refractivity contribution in [2.45, 2.75) is 6.10 Å². The zero-order valence-electron chi connectivity index (χ0n) is 10.4. The Morgan fingerprint density at radius 3 is 2.56 bits per heavy atom. The molecule has 1 atom stereocenters. The van der Waals surface area contributed by atoms with E-state index in [0.717, 1.165) is 0 Å². The fraction of sp³-hybridized carbons (Fsp3) is 0.538. The van der Waals surface area contributed by atoms with Crippen molar-refractivity contribution in [2.24, 2.45) is 0 Å². The van der Waals surface area contributed by atoms with Crippen LogP contribution in [-0.4, -0.2) is 38.0 Å². The van der Waals surface area contributed by atoms with E-state index in [1.165, 1.54) is 6.07 Å². The van der Waals surface area contributed by atoms with Crippen molar-refractivity contribution >= 4 is 22.6 Å². The third-order valence-corrected chi connectivity index (χ3v) is 3.17. The minimum atomic E-state index is -0.224. The van der Waals surface area contributed by atoms with Crippen molar-refractivity contribution in [3.05, 3.63) is 35.6 Å². The molecule has 5 heteroatoms. The minimum absolute atomic E-state index is 0.223. The summed E-state index contributed by atoms with van der Waals surface area (Å²) < 4.78 is 30.0. The number of benzene rings is 1. The van der Waals surface area contributed by atoms with Crippen molar-refractivity contribution in [3.8, 4) is 0 Å². The molecule has 3 nitrogen and oxygen atoms in total. The van der Waals surface area contributed by atoms with E-state index in [1.54, 1.807) is 19.2 Å². The molecule has 0 saturated heterocycles. The quantitative estimate of drug-likeness (QED) is 0.381. The van der Waals surface area contributed by atoms with Gasteiger partial charge in [0.15, 0.2) is 0 Å². The molecule has 0 N–H and O–H groups in total. The molecule has 0 amide bonds. The normalized spacial score (nSPS) is 12.6. The lowest BCUT2D eigenvalue weighted by molar-refractivity contribution is 0.000291. The van der Waals surface area contributed by atoms with Crippen molar-refractivity contribution < 1.29 is 18.6 Å². The predicted molar refractivity (Wildman–Crippen MR) is 76.7 cm³/mol. The van der Waals surface area contributed by atoms with Gasteiger partial charge in [-0.3, -0.25) is 0 Å². The van der Waals surface area contributed by atoms with E-state index in [-0.39, 0.29) is 11.9 Å². The van der Waals surface area contributed by atoms with Gasteiger partial charge < -0.3 is 14.2 Å². The van der Waals surface area contributed by atoms with E-state index in [2.05, 4.69) is 22.6 Å². The maximum Gasteiger partial charge on any atom is 0.129 e. The molecule has 1 aromatic carbocycles. The highest BCUT2D eigenvalue weighted by Crippen LogP contribution is 2.22. The molecule has 0 aromatic heterocycles. The van der Waals surface area contributed by atoms with Crippen molar-refractivity contribution in [1.29, 1.82) is 0 Å². The molecule has 0 spiro atoms. The number of hydrogen-bond donors (Lipinski definition) is 0. The number of rotatable bonds is 9. The molecule has 0 fully saturated rings. The van der Waals surface area contributed by atoms with Crippen LogP contribution in [0.3, 0.4) is 0 Å². The van der Waals surface area contributed by atoms with Crippen LogP contribution < -0.4 is 0 Å². The first-order valence-electron chi connectivity index (χ1n) is 5.78. The average molecular weight is 368 g/mol. The molecule has 0 aliphatic carbocycles. The van der Waals surface area contributed by atoms with Crippen LogP contribution >= 0.6 is 22.6 Å². The van der Waals surface area contributed by atoms with Gasteiger partial charge in [0.05, 0.1) is 32.5 Å². The molecular formula is C13H18FIO3. The summed E-state index contributed by atoms with van der Waals surface area (Å²) in [6.07, 6.45) is -0.224. The lowest BCUT2D eigenvalue weighted by atomic mass is 10.1. The monoisotopic (exact) mass is 368 g/mol. The smallest absolute Gasteiger partial charge is 0.129 e. The van der Waals surface area contributed by atoms with Crippen LogP contribution in [0.4, 0.5) is 4.39 Å². The van der Waals surface area contributed by atoms with Crippen LogP contribution in [0.2, 0.25) is 0 Å². The van der Waals surface area contributed by atoms with Crippen LogP contribution in [0.15, 0.2) is 24.3 Å². The largest absolute Gasteiger partial charge is 0.382 e. The molecule has 0 bridgehead atoms. The summed E-state index contributed by atoms with van der Waals surface area (Å²) in [5, 5.41) is 0. The zero-order valence-corrected chi connectivity index (χ0v) is 12.6. The van der Waals surface area contributed by atoms with Gasteiger partial charge >= 0.3 is 0 Å². The zero-order chi connectivity index (χ0) is 13.2. The molecule has 1 aromatic rings. The molecule has 0 heterocycles. The second kappa shape index (κ2) is 9.66. The first-order chi connectivity index (χ1) is 8.79. The molecule has 0 radical (unpaired) electrons. The van der Waals surface area contributed by atoms with Gasteiger partial charge in [0.2, 0.25) is 0 Å². The predicted octanol–water partition coefficient (Wildman–Crippen LogP) is 2.98. The van der Waals surface area contributed by atoms with Gasteiger partial charge in [-0.1, -0.05) is 40.8 Å². The fourth-order valence-corrected chi connectivity index (χ4v) is 2.18. The number of hydrogen-bond acceptors (Lipinski definition) is 3. The molecule has 0 saturated carbocycles. The van der Waals surface area contributed by atoms with Gasteiger partial charge in [-0.25, -0.2) is 4.39 Å². The van der Waals surface area contributed by atoms with Crippen LogP contribution in [0, 0.1) is 5.82 Å². The Labute approximate surface area is 121 Å². The third-order valence-electron chi connectivity index (χ3n) is 2.37. The van der Waals surface area contributed by atoms with Gasteiger partial charge in [0.25, 0.3) is 0 Å². The average Bonchev–Trinajstić information content (AvgIpc) is 2.39. The van der Waals surface area contributed by atoms with E-state index in [1.807, 2.05) is 6.07 Å². The number of methoxy groups -OCH3 is 1. The van der Waals surface area contributed by atoms with E-state index >= 15 is 0 Å². The highest BCUT2D eigenvalue weighted by molar-refractivity contribution is 14.1. The van der Waals surface area contributed by atoms with E-state index in [9.17, 15) is 4.39 Å². The van der Waals surface area contributed by atoms with Crippen LogP contribution in [0.25, 0.3) is 0 Å². The number of ether oxygens (including phenoxy) is 3. The highest BCUT2D eigenvalue weighted by atomic mass is 127. The van der Waals surface area contributed by atoms with E-state index < -0.39 is 0 Å². The summed E-state index contributed by atoms with van der Waals surface area (Å²) in [5.74, 6) is -0.223. The second-order valence-electron chi connectivity index (χ2n) is 3.64. The fourth-order valence-electron chi connectivity index (χ4n) is 1.45. The summed E-state index contributed by atoms with van der Waals surface area (Å²) in [6.45, 7) is 2.06. The first-order valence-corrected chi connectivity index (χ1v) is 7.30. The van der Waals surface area contributed by atoms with Crippen molar-refractivity contribution in [1.82, 2.24) is 0 Å². The Balaban J connectivity index is 2.32. The maximum atomic E-state index is 13.6. The topological polar surface area (TPSA) is 27.7 Å². The third kappa shape index (κ3) is 5.60. The lowest BCUT2D eigenvalue weighted by Gasteiger charge is -2.16. The standard InChI is InChI=1S/C13H18FIO3/c1-16-6-7-17-8-9-18-13(10-15)11-4-2-3-5-12(11)14/h2-5,13H,6-10H2,1H3. The SMILES string of the molecule is COCCOCCOC(CI)c1ccccc1F. The summed E-state index contributed by atoms with van der Waals surface area (Å²) >= 11 is 2.19. The molecule has 1 rings (SSSR count). The minimum Gasteiger partial charge on any atom is -0.382 e. The summed E-state index contributed by atoms with van der Waals surface area (Å²) in [7, 11) is 1.63. The molecule has 102 valence electrons. The van der Waals surface area contributed by atoms with Crippen LogP contribution in [0.5, 0.6) is 0 Å². The van der Waals surface area contributed by atoms with Crippen molar-refractivity contribution in [2.75, 3.05) is 38.0 Å². The molecule has 0 aliphatic rings. The highest BCUT2D eigenvalue weighted by Gasteiger charge is 2.14. The molecule has 1 unspecified atom stereocenters. The first kappa shape index (κ1) is 15.8. The van der Waals surface area contributed by atoms with Gasteiger partial charge in [-0.2, -0.15) is 0 Å². The van der Waals surface area contributed by atoms with E-state index in [0.29, 0.717) is 36.4 Å².